The fourth-order valence-corrected chi connectivity index (χ4v) is 2.47. The van der Waals surface area contributed by atoms with Crippen molar-refractivity contribution >= 4 is 5.91 Å². The molecule has 1 rings (SSSR count). The number of hydrogen-bond acceptors (Lipinski definition) is 3. The standard InChI is InChI=1S/C13H26N2O2/c1-10(2)11-4-5-13(16)15(7-6-11)8-12(14)9-17-3/h10-12H,4-9,14H2,1-3H3. The maximum atomic E-state index is 12.0. The summed E-state index contributed by atoms with van der Waals surface area (Å²) < 4.78 is 5.01. The molecule has 17 heavy (non-hydrogen) atoms. The Balaban J connectivity index is 2.47. The van der Waals surface area contributed by atoms with Crippen LogP contribution in [-0.4, -0.2) is 43.7 Å². The number of likely N-dealkylation sites (tertiary alicyclic amines) is 1. The lowest BCUT2D eigenvalue weighted by atomic mass is 9.89. The predicted octanol–water partition coefficient (Wildman–Crippen LogP) is 1.24. The van der Waals surface area contributed by atoms with Crippen LogP contribution in [0.4, 0.5) is 0 Å². The van der Waals surface area contributed by atoms with E-state index in [2.05, 4.69) is 13.8 Å². The zero-order valence-electron chi connectivity index (χ0n) is 11.3. The van der Waals surface area contributed by atoms with Crippen molar-refractivity contribution in [2.24, 2.45) is 17.6 Å². The number of ether oxygens (including phenoxy) is 1. The van der Waals surface area contributed by atoms with Gasteiger partial charge in [0.2, 0.25) is 5.91 Å². The van der Waals surface area contributed by atoms with Gasteiger partial charge in [-0.3, -0.25) is 4.79 Å². The summed E-state index contributed by atoms with van der Waals surface area (Å²) in [5.74, 6) is 1.58. The lowest BCUT2D eigenvalue weighted by Gasteiger charge is -2.24. The highest BCUT2D eigenvalue weighted by Crippen LogP contribution is 2.25. The van der Waals surface area contributed by atoms with Gasteiger partial charge in [-0.1, -0.05) is 13.8 Å². The quantitative estimate of drug-likeness (QED) is 0.789. The van der Waals surface area contributed by atoms with Crippen molar-refractivity contribution in [1.29, 1.82) is 0 Å². The van der Waals surface area contributed by atoms with Crippen molar-refractivity contribution in [2.45, 2.75) is 39.2 Å². The summed E-state index contributed by atoms with van der Waals surface area (Å²) in [5.41, 5.74) is 5.90. The minimum absolute atomic E-state index is 0.0699. The molecule has 2 atom stereocenters. The normalized spacial score (nSPS) is 23.9. The largest absolute Gasteiger partial charge is 0.383 e. The summed E-state index contributed by atoms with van der Waals surface area (Å²) in [4.78, 5) is 13.9. The van der Waals surface area contributed by atoms with Crippen molar-refractivity contribution < 1.29 is 9.53 Å². The van der Waals surface area contributed by atoms with Crippen LogP contribution < -0.4 is 5.73 Å². The van der Waals surface area contributed by atoms with E-state index in [1.807, 2.05) is 4.90 Å². The molecule has 1 aliphatic rings. The summed E-state index contributed by atoms with van der Waals surface area (Å²) in [7, 11) is 1.64. The maximum Gasteiger partial charge on any atom is 0.222 e. The molecule has 1 heterocycles. The molecule has 0 aromatic carbocycles. The molecule has 2 N–H and O–H groups in total. The first-order valence-electron chi connectivity index (χ1n) is 6.57. The second-order valence-corrected chi connectivity index (χ2v) is 5.39. The minimum atomic E-state index is -0.0699. The van der Waals surface area contributed by atoms with Gasteiger partial charge in [0.15, 0.2) is 0 Å². The number of nitrogens with two attached hydrogens (primary N) is 1. The van der Waals surface area contributed by atoms with Crippen LogP contribution in [0.5, 0.6) is 0 Å². The van der Waals surface area contributed by atoms with Crippen LogP contribution in [-0.2, 0) is 9.53 Å². The molecule has 4 heteroatoms. The van der Waals surface area contributed by atoms with Crippen LogP contribution in [0.1, 0.15) is 33.1 Å². The van der Waals surface area contributed by atoms with Crippen LogP contribution in [0.15, 0.2) is 0 Å². The highest BCUT2D eigenvalue weighted by Gasteiger charge is 2.25. The maximum absolute atomic E-state index is 12.0. The highest BCUT2D eigenvalue weighted by molar-refractivity contribution is 5.76. The van der Waals surface area contributed by atoms with E-state index in [0.29, 0.717) is 31.4 Å². The molecule has 0 spiro atoms. The first kappa shape index (κ1) is 14.5. The predicted molar refractivity (Wildman–Crippen MR) is 68.6 cm³/mol. The van der Waals surface area contributed by atoms with Crippen molar-refractivity contribution in [1.82, 2.24) is 4.90 Å². The minimum Gasteiger partial charge on any atom is -0.383 e. The summed E-state index contributed by atoms with van der Waals surface area (Å²) in [6, 6.07) is -0.0699. The lowest BCUT2D eigenvalue weighted by Crippen LogP contribution is -2.43. The average molecular weight is 242 g/mol. The van der Waals surface area contributed by atoms with E-state index in [9.17, 15) is 4.79 Å². The second kappa shape index (κ2) is 6.97. The zero-order chi connectivity index (χ0) is 12.8. The summed E-state index contributed by atoms with van der Waals surface area (Å²) in [5, 5.41) is 0. The Morgan fingerprint density at radius 3 is 2.76 bits per heavy atom. The molecule has 1 amide bonds. The monoisotopic (exact) mass is 242 g/mol. The van der Waals surface area contributed by atoms with Gasteiger partial charge in [-0.25, -0.2) is 0 Å². The van der Waals surface area contributed by atoms with Crippen molar-refractivity contribution in [3.63, 3.8) is 0 Å². The topological polar surface area (TPSA) is 55.6 Å². The molecule has 2 unspecified atom stereocenters. The van der Waals surface area contributed by atoms with E-state index < -0.39 is 0 Å². The number of nitrogens with zero attached hydrogens (tertiary/aromatic N) is 1. The fraction of sp³-hybridized carbons (Fsp3) is 0.923. The van der Waals surface area contributed by atoms with Gasteiger partial charge in [0.05, 0.1) is 6.61 Å². The Labute approximate surface area is 104 Å². The van der Waals surface area contributed by atoms with Gasteiger partial charge < -0.3 is 15.4 Å². The van der Waals surface area contributed by atoms with Crippen LogP contribution in [0.25, 0.3) is 0 Å². The molecule has 1 fully saturated rings. The molecule has 0 aliphatic carbocycles. The van der Waals surface area contributed by atoms with Gasteiger partial charge in [0, 0.05) is 32.7 Å². The molecule has 0 radical (unpaired) electrons. The number of rotatable bonds is 5. The highest BCUT2D eigenvalue weighted by atomic mass is 16.5. The SMILES string of the molecule is COCC(N)CN1CCC(C(C)C)CCC1=O. The van der Waals surface area contributed by atoms with Gasteiger partial charge >= 0.3 is 0 Å². The van der Waals surface area contributed by atoms with E-state index in [1.165, 1.54) is 0 Å². The third kappa shape index (κ3) is 4.64. The first-order chi connectivity index (χ1) is 8.04. The summed E-state index contributed by atoms with van der Waals surface area (Å²) >= 11 is 0. The zero-order valence-corrected chi connectivity index (χ0v) is 11.3. The van der Waals surface area contributed by atoms with E-state index in [0.717, 1.165) is 19.4 Å². The number of hydrogen-bond donors (Lipinski definition) is 1. The molecule has 0 aromatic rings. The number of methoxy groups -OCH3 is 1. The number of amides is 1. The molecule has 1 aliphatic heterocycles. The summed E-state index contributed by atoms with van der Waals surface area (Å²) in [6.07, 6.45) is 2.79. The third-order valence-corrected chi connectivity index (χ3v) is 3.63. The van der Waals surface area contributed by atoms with Crippen LogP contribution in [0, 0.1) is 11.8 Å². The summed E-state index contributed by atoms with van der Waals surface area (Å²) in [6.45, 7) is 6.46. The van der Waals surface area contributed by atoms with Crippen molar-refractivity contribution in [3.05, 3.63) is 0 Å². The Morgan fingerprint density at radius 1 is 1.47 bits per heavy atom. The molecule has 0 aromatic heterocycles. The number of carbonyl (C=O) groups excluding carboxylic acids is 1. The number of carbonyl (C=O) groups is 1. The molecule has 4 nitrogen and oxygen atoms in total. The van der Waals surface area contributed by atoms with Gasteiger partial charge in [-0.15, -0.1) is 0 Å². The fourth-order valence-electron chi connectivity index (χ4n) is 2.47. The van der Waals surface area contributed by atoms with E-state index in [4.69, 9.17) is 10.5 Å². The molecule has 100 valence electrons. The lowest BCUT2D eigenvalue weighted by molar-refractivity contribution is -0.131. The second-order valence-electron chi connectivity index (χ2n) is 5.39. The molecule has 1 saturated heterocycles. The van der Waals surface area contributed by atoms with Crippen molar-refractivity contribution in [2.75, 3.05) is 26.8 Å². The Kier molecular flexibility index (Phi) is 5.92. The Bertz CT molecular complexity index is 244. The van der Waals surface area contributed by atoms with E-state index >= 15 is 0 Å². The Morgan fingerprint density at radius 2 is 2.18 bits per heavy atom. The van der Waals surface area contributed by atoms with Gasteiger partial charge in [0.25, 0.3) is 0 Å². The van der Waals surface area contributed by atoms with Gasteiger partial charge in [-0.05, 0) is 24.7 Å². The van der Waals surface area contributed by atoms with Crippen LogP contribution in [0.3, 0.4) is 0 Å². The van der Waals surface area contributed by atoms with Crippen LogP contribution >= 0.6 is 0 Å². The third-order valence-electron chi connectivity index (χ3n) is 3.63. The van der Waals surface area contributed by atoms with E-state index in [-0.39, 0.29) is 11.9 Å². The van der Waals surface area contributed by atoms with Gasteiger partial charge in [-0.2, -0.15) is 0 Å². The molecular weight excluding hydrogens is 216 g/mol. The molecule has 0 bridgehead atoms. The molecular formula is C13H26N2O2. The van der Waals surface area contributed by atoms with Gasteiger partial charge in [0.1, 0.15) is 0 Å². The first-order valence-corrected chi connectivity index (χ1v) is 6.57. The smallest absolute Gasteiger partial charge is 0.222 e. The van der Waals surface area contributed by atoms with Crippen LogP contribution in [0.2, 0.25) is 0 Å². The van der Waals surface area contributed by atoms with Crippen molar-refractivity contribution in [3.8, 4) is 0 Å². The molecule has 0 saturated carbocycles. The van der Waals surface area contributed by atoms with E-state index in [1.54, 1.807) is 7.11 Å². The Hall–Kier alpha value is -0.610. The average Bonchev–Trinajstić information content (AvgIpc) is 2.43.